The number of rotatable bonds is 4. The molecule has 1 saturated heterocycles. The van der Waals surface area contributed by atoms with Gasteiger partial charge in [0, 0.05) is 25.8 Å². The predicted octanol–water partition coefficient (Wildman–Crippen LogP) is 1.45. The molecule has 1 unspecified atom stereocenters. The molecule has 1 atom stereocenters. The van der Waals surface area contributed by atoms with Gasteiger partial charge >= 0.3 is 12.0 Å². The van der Waals surface area contributed by atoms with E-state index in [1.165, 1.54) is 0 Å². The smallest absolute Gasteiger partial charge is 0.322 e. The van der Waals surface area contributed by atoms with Crippen LogP contribution in [0.3, 0.4) is 0 Å². The lowest BCUT2D eigenvalue weighted by Crippen LogP contribution is -2.39. The van der Waals surface area contributed by atoms with Crippen LogP contribution in [0.1, 0.15) is 31.9 Å². The Kier molecular flexibility index (Phi) is 4.26. The molecule has 2 amide bonds. The Hall–Kier alpha value is -2.05. The molecule has 110 valence electrons. The van der Waals surface area contributed by atoms with Crippen molar-refractivity contribution in [2.24, 2.45) is 7.05 Å². The number of hydrogen-bond donors (Lipinski definition) is 2. The van der Waals surface area contributed by atoms with E-state index in [4.69, 9.17) is 5.11 Å². The van der Waals surface area contributed by atoms with Gasteiger partial charge in [-0.15, -0.1) is 0 Å². The molecular weight excluding hydrogens is 260 g/mol. The van der Waals surface area contributed by atoms with Gasteiger partial charge in [-0.1, -0.05) is 6.92 Å². The maximum Gasteiger partial charge on any atom is 0.322 e. The number of aryl methyl sites for hydroxylation is 2. The first-order valence-corrected chi connectivity index (χ1v) is 6.83. The van der Waals surface area contributed by atoms with Gasteiger partial charge in [0.1, 0.15) is 0 Å². The van der Waals surface area contributed by atoms with E-state index in [0.717, 1.165) is 25.0 Å². The van der Waals surface area contributed by atoms with Crippen LogP contribution in [0.4, 0.5) is 10.5 Å². The number of aromatic nitrogens is 2. The van der Waals surface area contributed by atoms with E-state index >= 15 is 0 Å². The topological polar surface area (TPSA) is 87.5 Å². The summed E-state index contributed by atoms with van der Waals surface area (Å²) in [6.45, 7) is 2.58. The summed E-state index contributed by atoms with van der Waals surface area (Å²) in [5, 5.41) is 16.0. The lowest BCUT2D eigenvalue weighted by atomic mass is 10.1. The van der Waals surface area contributed by atoms with Crippen LogP contribution in [-0.2, 0) is 18.3 Å². The Morgan fingerprint density at radius 3 is 2.95 bits per heavy atom. The van der Waals surface area contributed by atoms with Crippen molar-refractivity contribution in [3.63, 3.8) is 0 Å². The van der Waals surface area contributed by atoms with E-state index in [1.807, 2.05) is 6.92 Å². The first-order chi connectivity index (χ1) is 9.51. The molecule has 2 heterocycles. The zero-order valence-electron chi connectivity index (χ0n) is 11.8. The van der Waals surface area contributed by atoms with Crippen LogP contribution in [0, 0.1) is 0 Å². The molecule has 7 heteroatoms. The Bertz CT molecular complexity index is 512. The number of carbonyl (C=O) groups excluding carboxylic acids is 1. The molecule has 1 aromatic rings. The summed E-state index contributed by atoms with van der Waals surface area (Å²) < 4.78 is 1.66. The predicted molar refractivity (Wildman–Crippen MR) is 73.6 cm³/mol. The first-order valence-electron chi connectivity index (χ1n) is 6.83. The fourth-order valence-electron chi connectivity index (χ4n) is 2.60. The number of hydrogen-bond acceptors (Lipinski definition) is 3. The van der Waals surface area contributed by atoms with Crippen molar-refractivity contribution in [1.82, 2.24) is 14.7 Å². The van der Waals surface area contributed by atoms with Gasteiger partial charge in [-0.2, -0.15) is 5.10 Å². The van der Waals surface area contributed by atoms with Crippen LogP contribution in [-0.4, -0.2) is 44.4 Å². The Balaban J connectivity index is 2.05. The van der Waals surface area contributed by atoms with Crippen molar-refractivity contribution >= 4 is 17.7 Å². The maximum atomic E-state index is 12.3. The van der Waals surface area contributed by atoms with Crippen molar-refractivity contribution in [3.05, 3.63) is 11.9 Å². The normalized spacial score (nSPS) is 18.3. The fourth-order valence-corrected chi connectivity index (χ4v) is 2.60. The van der Waals surface area contributed by atoms with Crippen LogP contribution in [0.2, 0.25) is 0 Å². The molecule has 0 radical (unpaired) electrons. The number of nitrogens with one attached hydrogen (secondary N) is 1. The number of amides is 2. The number of nitrogens with zero attached hydrogens (tertiary/aromatic N) is 3. The summed E-state index contributed by atoms with van der Waals surface area (Å²) in [6, 6.07) is -0.453. The van der Waals surface area contributed by atoms with E-state index in [0.29, 0.717) is 12.2 Å². The number of carbonyl (C=O) groups is 2. The lowest BCUT2D eigenvalue weighted by molar-refractivity contribution is -0.137. The molecule has 0 bridgehead atoms. The summed E-state index contributed by atoms with van der Waals surface area (Å²) in [5.74, 6) is -0.870. The Labute approximate surface area is 117 Å². The molecule has 0 spiro atoms. The van der Waals surface area contributed by atoms with Crippen LogP contribution in [0.25, 0.3) is 0 Å². The molecule has 0 aliphatic carbocycles. The van der Waals surface area contributed by atoms with Crippen LogP contribution in [0.5, 0.6) is 0 Å². The second kappa shape index (κ2) is 5.94. The molecule has 1 aromatic heterocycles. The minimum absolute atomic E-state index is 0.00109. The average molecular weight is 280 g/mol. The number of likely N-dealkylation sites (tertiary alicyclic amines) is 1. The van der Waals surface area contributed by atoms with Crippen molar-refractivity contribution in [2.45, 2.75) is 38.6 Å². The minimum Gasteiger partial charge on any atom is -0.481 e. The van der Waals surface area contributed by atoms with Crippen molar-refractivity contribution in [2.75, 3.05) is 11.9 Å². The van der Waals surface area contributed by atoms with E-state index < -0.39 is 5.97 Å². The first kappa shape index (κ1) is 14.4. The van der Waals surface area contributed by atoms with Crippen LogP contribution in [0.15, 0.2) is 6.20 Å². The van der Waals surface area contributed by atoms with Gasteiger partial charge in [0.15, 0.2) is 0 Å². The molecule has 1 fully saturated rings. The molecule has 20 heavy (non-hydrogen) atoms. The molecular formula is C13H20N4O3. The van der Waals surface area contributed by atoms with Gasteiger partial charge in [0.2, 0.25) is 0 Å². The number of carboxylic acid groups (broad SMARTS) is 1. The molecule has 2 N–H and O–H groups in total. The van der Waals surface area contributed by atoms with Gasteiger partial charge in [0.25, 0.3) is 0 Å². The Morgan fingerprint density at radius 2 is 2.30 bits per heavy atom. The number of urea groups is 1. The summed E-state index contributed by atoms with van der Waals surface area (Å²) in [4.78, 5) is 24.7. The number of aliphatic carboxylic acids is 1. The molecule has 1 aliphatic rings. The van der Waals surface area contributed by atoms with E-state index in [2.05, 4.69) is 10.4 Å². The van der Waals surface area contributed by atoms with Gasteiger partial charge in [-0.3, -0.25) is 9.48 Å². The van der Waals surface area contributed by atoms with Gasteiger partial charge in [0.05, 0.1) is 17.8 Å². The quantitative estimate of drug-likeness (QED) is 0.874. The molecule has 0 aromatic carbocycles. The van der Waals surface area contributed by atoms with Crippen LogP contribution < -0.4 is 5.32 Å². The highest BCUT2D eigenvalue weighted by molar-refractivity contribution is 5.90. The van der Waals surface area contributed by atoms with E-state index in [9.17, 15) is 9.59 Å². The van der Waals surface area contributed by atoms with Gasteiger partial charge in [-0.25, -0.2) is 4.79 Å². The van der Waals surface area contributed by atoms with Gasteiger partial charge in [-0.05, 0) is 19.3 Å². The zero-order chi connectivity index (χ0) is 14.7. The molecule has 7 nitrogen and oxygen atoms in total. The fraction of sp³-hybridized carbons (Fsp3) is 0.615. The molecule has 1 aliphatic heterocycles. The molecule has 0 saturated carbocycles. The summed E-state index contributed by atoms with van der Waals surface area (Å²) >= 11 is 0. The van der Waals surface area contributed by atoms with E-state index in [-0.39, 0.29) is 18.5 Å². The van der Waals surface area contributed by atoms with Crippen molar-refractivity contribution in [3.8, 4) is 0 Å². The third kappa shape index (κ3) is 3.09. The van der Waals surface area contributed by atoms with Gasteiger partial charge < -0.3 is 15.3 Å². The second-order valence-electron chi connectivity index (χ2n) is 5.03. The largest absolute Gasteiger partial charge is 0.481 e. The number of anilines is 1. The van der Waals surface area contributed by atoms with Crippen molar-refractivity contribution < 1.29 is 14.7 Å². The monoisotopic (exact) mass is 280 g/mol. The average Bonchev–Trinajstić information content (AvgIpc) is 2.95. The van der Waals surface area contributed by atoms with Crippen LogP contribution >= 0.6 is 0 Å². The maximum absolute atomic E-state index is 12.3. The second-order valence-corrected chi connectivity index (χ2v) is 5.03. The lowest BCUT2D eigenvalue weighted by Gasteiger charge is -2.23. The highest BCUT2D eigenvalue weighted by atomic mass is 16.4. The third-order valence-corrected chi connectivity index (χ3v) is 3.53. The standard InChI is InChI=1S/C13H20N4O3/c1-3-10-11(8-16(2)15-10)14-13(20)17-6-4-5-9(17)7-12(18)19/h8-9H,3-7H2,1-2H3,(H,14,20)(H,18,19). The van der Waals surface area contributed by atoms with Crippen molar-refractivity contribution in [1.29, 1.82) is 0 Å². The highest BCUT2D eigenvalue weighted by Crippen LogP contribution is 2.22. The number of carboxylic acids is 1. The minimum atomic E-state index is -0.870. The highest BCUT2D eigenvalue weighted by Gasteiger charge is 2.30. The Morgan fingerprint density at radius 1 is 1.55 bits per heavy atom. The zero-order valence-corrected chi connectivity index (χ0v) is 11.8. The van der Waals surface area contributed by atoms with E-state index in [1.54, 1.807) is 22.8 Å². The third-order valence-electron chi connectivity index (χ3n) is 3.53. The summed E-state index contributed by atoms with van der Waals surface area (Å²) in [6.07, 6.45) is 4.08. The SMILES string of the molecule is CCc1nn(C)cc1NC(=O)N1CCCC1CC(=O)O. The summed E-state index contributed by atoms with van der Waals surface area (Å²) in [7, 11) is 1.80. The molecule has 2 rings (SSSR count). The summed E-state index contributed by atoms with van der Waals surface area (Å²) in [5.41, 5.74) is 1.52.